The Kier molecular flexibility index (Phi) is 3.08. The van der Waals surface area contributed by atoms with Crippen molar-refractivity contribution in [1.29, 1.82) is 0 Å². The molecule has 1 saturated carbocycles. The second-order valence-corrected chi connectivity index (χ2v) is 7.20. The monoisotopic (exact) mass is 287 g/mol. The third-order valence-corrected chi connectivity index (χ3v) is 4.60. The SMILES string of the molecule is CC(C)(C)c1cccc(C(=O)N2[C@@H](C(=O)O)C[C@H]3C[C@H]32)c1. The zero-order valence-electron chi connectivity index (χ0n) is 12.7. The molecule has 2 aliphatic rings. The average molecular weight is 287 g/mol. The van der Waals surface area contributed by atoms with E-state index in [1.807, 2.05) is 18.2 Å². The van der Waals surface area contributed by atoms with Crippen LogP contribution in [0.5, 0.6) is 0 Å². The maximum Gasteiger partial charge on any atom is 0.326 e. The maximum atomic E-state index is 12.7. The third-order valence-electron chi connectivity index (χ3n) is 4.60. The van der Waals surface area contributed by atoms with Gasteiger partial charge in [0.2, 0.25) is 0 Å². The first-order valence-electron chi connectivity index (χ1n) is 7.45. The van der Waals surface area contributed by atoms with Gasteiger partial charge in [0.05, 0.1) is 0 Å². The fourth-order valence-corrected chi connectivity index (χ4v) is 3.24. The minimum atomic E-state index is -0.887. The summed E-state index contributed by atoms with van der Waals surface area (Å²) in [6, 6.07) is 7.05. The van der Waals surface area contributed by atoms with Gasteiger partial charge in [-0.15, -0.1) is 0 Å². The molecule has 0 bridgehead atoms. The van der Waals surface area contributed by atoms with Gasteiger partial charge in [-0.2, -0.15) is 0 Å². The molecule has 1 heterocycles. The Morgan fingerprint density at radius 1 is 1.24 bits per heavy atom. The maximum absolute atomic E-state index is 12.7. The molecule has 112 valence electrons. The number of benzene rings is 1. The van der Waals surface area contributed by atoms with E-state index in [1.54, 1.807) is 11.0 Å². The number of carbonyl (C=O) groups excluding carboxylic acids is 1. The van der Waals surface area contributed by atoms with Crippen molar-refractivity contribution in [3.63, 3.8) is 0 Å². The highest BCUT2D eigenvalue weighted by atomic mass is 16.4. The molecule has 2 fully saturated rings. The molecular formula is C17H21NO3. The van der Waals surface area contributed by atoms with Crippen LogP contribution in [-0.4, -0.2) is 34.0 Å². The molecule has 3 rings (SSSR count). The first-order valence-corrected chi connectivity index (χ1v) is 7.45. The van der Waals surface area contributed by atoms with Gasteiger partial charge in [0.1, 0.15) is 6.04 Å². The Hall–Kier alpha value is -1.84. The lowest BCUT2D eigenvalue weighted by Gasteiger charge is -2.26. The summed E-state index contributed by atoms with van der Waals surface area (Å²) in [5, 5.41) is 9.31. The number of hydrogen-bond acceptors (Lipinski definition) is 2. The van der Waals surface area contributed by atoms with Crippen molar-refractivity contribution in [3.8, 4) is 0 Å². The van der Waals surface area contributed by atoms with Crippen molar-refractivity contribution in [2.75, 3.05) is 0 Å². The second kappa shape index (κ2) is 4.58. The van der Waals surface area contributed by atoms with E-state index in [1.165, 1.54) is 0 Å². The molecule has 21 heavy (non-hydrogen) atoms. The van der Waals surface area contributed by atoms with E-state index in [0.29, 0.717) is 17.9 Å². The van der Waals surface area contributed by atoms with Crippen LogP contribution in [0.15, 0.2) is 24.3 Å². The van der Waals surface area contributed by atoms with Gasteiger partial charge < -0.3 is 10.0 Å². The van der Waals surface area contributed by atoms with Crippen molar-refractivity contribution >= 4 is 11.9 Å². The second-order valence-electron chi connectivity index (χ2n) is 7.20. The normalized spacial score (nSPS) is 27.4. The highest BCUT2D eigenvalue weighted by Crippen LogP contribution is 2.48. The van der Waals surface area contributed by atoms with Crippen LogP contribution in [0.25, 0.3) is 0 Å². The van der Waals surface area contributed by atoms with Crippen LogP contribution in [0, 0.1) is 5.92 Å². The molecule has 0 aromatic heterocycles. The summed E-state index contributed by atoms with van der Waals surface area (Å²) in [5.74, 6) is -0.637. The summed E-state index contributed by atoms with van der Waals surface area (Å²) in [7, 11) is 0. The molecule has 1 amide bonds. The van der Waals surface area contributed by atoms with Crippen molar-refractivity contribution in [2.24, 2.45) is 5.92 Å². The Morgan fingerprint density at radius 2 is 1.95 bits per heavy atom. The topological polar surface area (TPSA) is 57.6 Å². The molecule has 0 radical (unpaired) electrons. The van der Waals surface area contributed by atoms with E-state index in [2.05, 4.69) is 20.8 Å². The Bertz CT molecular complexity index is 602. The number of likely N-dealkylation sites (tertiary alicyclic amines) is 1. The summed E-state index contributed by atoms with van der Waals surface area (Å²) in [6.45, 7) is 6.30. The molecule has 0 spiro atoms. The van der Waals surface area contributed by atoms with Gasteiger partial charge in [-0.25, -0.2) is 4.79 Å². The Balaban J connectivity index is 1.90. The Morgan fingerprint density at radius 3 is 2.57 bits per heavy atom. The zero-order valence-corrected chi connectivity index (χ0v) is 12.7. The molecule has 4 nitrogen and oxygen atoms in total. The number of rotatable bonds is 2. The third kappa shape index (κ3) is 2.43. The largest absolute Gasteiger partial charge is 0.480 e. The van der Waals surface area contributed by atoms with E-state index >= 15 is 0 Å². The summed E-state index contributed by atoms with van der Waals surface area (Å²) in [4.78, 5) is 25.7. The standard InChI is InChI=1S/C17H21NO3/c1-17(2,3)12-6-4-5-10(7-12)15(19)18-13-8-11(13)9-14(18)16(20)21/h4-7,11,13-14H,8-9H2,1-3H3,(H,20,21)/t11-,13-,14-/m1/s1. The molecule has 1 aromatic carbocycles. The quantitative estimate of drug-likeness (QED) is 0.909. The minimum absolute atomic E-state index is 0.0321. The number of piperidine rings is 1. The Labute approximate surface area is 124 Å². The number of carboxylic acid groups (broad SMARTS) is 1. The number of aliphatic carboxylic acids is 1. The van der Waals surface area contributed by atoms with Gasteiger partial charge in [-0.05, 0) is 41.9 Å². The van der Waals surface area contributed by atoms with E-state index in [-0.39, 0.29) is 17.4 Å². The minimum Gasteiger partial charge on any atom is -0.480 e. The van der Waals surface area contributed by atoms with Crippen LogP contribution in [0.2, 0.25) is 0 Å². The van der Waals surface area contributed by atoms with Crippen LogP contribution < -0.4 is 0 Å². The van der Waals surface area contributed by atoms with E-state index < -0.39 is 12.0 Å². The lowest BCUT2D eigenvalue weighted by molar-refractivity contribution is -0.141. The first kappa shape index (κ1) is 14.1. The molecular weight excluding hydrogens is 266 g/mol. The van der Waals surface area contributed by atoms with Crippen LogP contribution in [-0.2, 0) is 10.2 Å². The van der Waals surface area contributed by atoms with Gasteiger partial charge in [0, 0.05) is 11.6 Å². The highest BCUT2D eigenvalue weighted by molar-refractivity contribution is 5.97. The molecule has 3 atom stereocenters. The number of carbonyl (C=O) groups is 2. The van der Waals surface area contributed by atoms with Gasteiger partial charge in [0.25, 0.3) is 5.91 Å². The number of fused-ring (bicyclic) bond motifs is 1. The number of hydrogen-bond donors (Lipinski definition) is 1. The van der Waals surface area contributed by atoms with Gasteiger partial charge in [0.15, 0.2) is 0 Å². The fourth-order valence-electron chi connectivity index (χ4n) is 3.24. The average Bonchev–Trinajstić information content (AvgIpc) is 3.08. The van der Waals surface area contributed by atoms with Crippen LogP contribution in [0.4, 0.5) is 0 Å². The van der Waals surface area contributed by atoms with Gasteiger partial charge in [-0.1, -0.05) is 32.9 Å². The lowest BCUT2D eigenvalue weighted by atomic mass is 9.86. The zero-order chi connectivity index (χ0) is 15.4. The molecule has 1 N–H and O–H groups in total. The molecule has 1 aliphatic heterocycles. The summed E-state index contributed by atoms with van der Waals surface area (Å²) < 4.78 is 0. The molecule has 1 aliphatic carbocycles. The number of amides is 1. The predicted octanol–water partition coefficient (Wildman–Crippen LogP) is 2.67. The lowest BCUT2D eigenvalue weighted by Crippen LogP contribution is -2.43. The van der Waals surface area contributed by atoms with E-state index in [0.717, 1.165) is 12.0 Å². The number of nitrogens with zero attached hydrogens (tertiary/aromatic N) is 1. The van der Waals surface area contributed by atoms with Crippen LogP contribution in [0.3, 0.4) is 0 Å². The van der Waals surface area contributed by atoms with Crippen molar-refractivity contribution in [2.45, 2.75) is 51.1 Å². The van der Waals surface area contributed by atoms with E-state index in [9.17, 15) is 14.7 Å². The smallest absolute Gasteiger partial charge is 0.326 e. The van der Waals surface area contributed by atoms with E-state index in [4.69, 9.17) is 0 Å². The molecule has 4 heteroatoms. The van der Waals surface area contributed by atoms with Crippen molar-refractivity contribution in [1.82, 2.24) is 4.90 Å². The number of carboxylic acids is 1. The molecule has 1 saturated heterocycles. The highest BCUT2D eigenvalue weighted by Gasteiger charge is 2.56. The summed E-state index contributed by atoms with van der Waals surface area (Å²) >= 11 is 0. The predicted molar refractivity (Wildman–Crippen MR) is 79.2 cm³/mol. The van der Waals surface area contributed by atoms with Crippen molar-refractivity contribution in [3.05, 3.63) is 35.4 Å². The fraction of sp³-hybridized carbons (Fsp3) is 0.529. The molecule has 0 unspecified atom stereocenters. The van der Waals surface area contributed by atoms with Crippen molar-refractivity contribution < 1.29 is 14.7 Å². The van der Waals surface area contributed by atoms with Crippen LogP contribution in [0.1, 0.15) is 49.5 Å². The van der Waals surface area contributed by atoms with Crippen LogP contribution >= 0.6 is 0 Å². The molecule has 1 aromatic rings. The van der Waals surface area contributed by atoms with Gasteiger partial charge >= 0.3 is 5.97 Å². The van der Waals surface area contributed by atoms with Gasteiger partial charge in [-0.3, -0.25) is 4.79 Å². The summed E-state index contributed by atoms with van der Waals surface area (Å²) in [5.41, 5.74) is 1.66. The summed E-state index contributed by atoms with van der Waals surface area (Å²) in [6.07, 6.45) is 1.55. The first-order chi connectivity index (χ1) is 9.79.